The van der Waals surface area contributed by atoms with Crippen LogP contribution in [0.2, 0.25) is 0 Å². The summed E-state index contributed by atoms with van der Waals surface area (Å²) in [5.41, 5.74) is 2.61. The summed E-state index contributed by atoms with van der Waals surface area (Å²) in [4.78, 5) is 11.2. The Morgan fingerprint density at radius 1 is 1.45 bits per heavy atom. The SMILES string of the molecule is CC1CN(c2cc(NN)nc(C3CC3)n2)CC(CO)O1. The monoisotopic (exact) mass is 279 g/mol. The smallest absolute Gasteiger partial charge is 0.145 e. The van der Waals surface area contributed by atoms with Crippen LogP contribution >= 0.6 is 0 Å². The minimum absolute atomic E-state index is 0.0173. The molecule has 2 heterocycles. The Morgan fingerprint density at radius 2 is 2.25 bits per heavy atom. The molecule has 0 aromatic carbocycles. The van der Waals surface area contributed by atoms with E-state index in [-0.39, 0.29) is 18.8 Å². The van der Waals surface area contributed by atoms with Gasteiger partial charge in [-0.1, -0.05) is 0 Å². The Balaban J connectivity index is 1.86. The molecular weight excluding hydrogens is 258 g/mol. The molecule has 7 nitrogen and oxygen atoms in total. The van der Waals surface area contributed by atoms with E-state index in [4.69, 9.17) is 10.6 Å². The van der Waals surface area contributed by atoms with Crippen molar-refractivity contribution in [1.82, 2.24) is 9.97 Å². The van der Waals surface area contributed by atoms with Gasteiger partial charge in [-0.05, 0) is 19.8 Å². The number of aliphatic hydroxyl groups excluding tert-OH is 1. The first-order valence-electron chi connectivity index (χ1n) is 7.06. The van der Waals surface area contributed by atoms with E-state index in [1.165, 1.54) is 0 Å². The number of aliphatic hydroxyl groups is 1. The van der Waals surface area contributed by atoms with E-state index in [0.717, 1.165) is 31.0 Å². The largest absolute Gasteiger partial charge is 0.394 e. The van der Waals surface area contributed by atoms with Crippen molar-refractivity contribution in [2.24, 2.45) is 5.84 Å². The lowest BCUT2D eigenvalue weighted by atomic mass is 10.2. The maximum Gasteiger partial charge on any atom is 0.145 e. The summed E-state index contributed by atoms with van der Waals surface area (Å²) in [6.45, 7) is 3.40. The summed E-state index contributed by atoms with van der Waals surface area (Å²) in [7, 11) is 0. The number of nitrogen functional groups attached to an aromatic ring is 1. The lowest BCUT2D eigenvalue weighted by Crippen LogP contribution is -2.48. The number of morpholine rings is 1. The van der Waals surface area contributed by atoms with Crippen molar-refractivity contribution in [2.75, 3.05) is 30.0 Å². The Kier molecular flexibility index (Phi) is 3.73. The summed E-state index contributed by atoms with van der Waals surface area (Å²) in [5.74, 6) is 8.30. The van der Waals surface area contributed by atoms with Crippen LogP contribution in [0, 0.1) is 0 Å². The van der Waals surface area contributed by atoms with Crippen molar-refractivity contribution >= 4 is 11.6 Å². The number of ether oxygens (including phenoxy) is 1. The van der Waals surface area contributed by atoms with E-state index in [0.29, 0.717) is 18.3 Å². The third kappa shape index (κ3) is 2.84. The van der Waals surface area contributed by atoms with Gasteiger partial charge in [0, 0.05) is 25.1 Å². The number of nitrogens with one attached hydrogen (secondary N) is 1. The van der Waals surface area contributed by atoms with Crippen LogP contribution in [0.5, 0.6) is 0 Å². The number of hydrogen-bond acceptors (Lipinski definition) is 7. The summed E-state index contributed by atoms with van der Waals surface area (Å²) in [6, 6.07) is 1.85. The molecule has 1 saturated carbocycles. The van der Waals surface area contributed by atoms with E-state index in [9.17, 15) is 5.11 Å². The van der Waals surface area contributed by atoms with Crippen LogP contribution in [0.1, 0.15) is 31.5 Å². The van der Waals surface area contributed by atoms with Crippen molar-refractivity contribution in [3.63, 3.8) is 0 Å². The third-order valence-corrected chi connectivity index (χ3v) is 3.67. The van der Waals surface area contributed by atoms with Crippen LogP contribution in [-0.4, -0.2) is 47.0 Å². The van der Waals surface area contributed by atoms with Crippen molar-refractivity contribution in [2.45, 2.75) is 37.9 Å². The highest BCUT2D eigenvalue weighted by molar-refractivity contribution is 5.50. The molecule has 0 spiro atoms. The molecule has 2 fully saturated rings. The molecule has 1 saturated heterocycles. The highest BCUT2D eigenvalue weighted by Gasteiger charge is 2.30. The minimum atomic E-state index is -0.174. The fraction of sp³-hybridized carbons (Fsp3) is 0.692. The molecule has 1 aliphatic heterocycles. The predicted molar refractivity (Wildman–Crippen MR) is 75.5 cm³/mol. The number of hydrazine groups is 1. The predicted octanol–water partition coefficient (Wildman–Crippen LogP) is 0.226. The van der Waals surface area contributed by atoms with E-state index in [1.54, 1.807) is 0 Å². The van der Waals surface area contributed by atoms with Crippen LogP contribution in [0.3, 0.4) is 0 Å². The maximum absolute atomic E-state index is 9.31. The van der Waals surface area contributed by atoms with Gasteiger partial charge in [0.25, 0.3) is 0 Å². The number of hydrogen-bond donors (Lipinski definition) is 3. The fourth-order valence-electron chi connectivity index (χ4n) is 2.55. The highest BCUT2D eigenvalue weighted by atomic mass is 16.5. The number of aromatic nitrogens is 2. The number of rotatable bonds is 4. The summed E-state index contributed by atoms with van der Waals surface area (Å²) < 4.78 is 5.66. The molecule has 2 unspecified atom stereocenters. The molecule has 2 atom stereocenters. The van der Waals surface area contributed by atoms with E-state index in [1.807, 2.05) is 13.0 Å². The molecule has 0 amide bonds. The standard InChI is InChI=1S/C13H21N5O2/c1-8-5-18(6-10(7-19)20-8)12-4-11(17-14)15-13(16-12)9-2-3-9/h4,8-10,19H,2-3,5-7,14H2,1H3,(H,15,16,17). The Bertz CT molecular complexity index is 480. The summed E-state index contributed by atoms with van der Waals surface area (Å²) in [6.07, 6.45) is 2.18. The van der Waals surface area contributed by atoms with Gasteiger partial charge >= 0.3 is 0 Å². The molecule has 4 N–H and O–H groups in total. The van der Waals surface area contributed by atoms with Crippen LogP contribution in [0.15, 0.2) is 6.07 Å². The van der Waals surface area contributed by atoms with Gasteiger partial charge in [-0.3, -0.25) is 0 Å². The zero-order valence-corrected chi connectivity index (χ0v) is 11.6. The minimum Gasteiger partial charge on any atom is -0.394 e. The molecule has 1 aromatic heterocycles. The first kappa shape index (κ1) is 13.5. The second kappa shape index (κ2) is 5.51. The van der Waals surface area contributed by atoms with Gasteiger partial charge in [-0.25, -0.2) is 15.8 Å². The van der Waals surface area contributed by atoms with Crippen LogP contribution in [0.4, 0.5) is 11.6 Å². The quantitative estimate of drug-likeness (QED) is 0.536. The lowest BCUT2D eigenvalue weighted by molar-refractivity contribution is -0.0423. The normalized spacial score (nSPS) is 26.6. The van der Waals surface area contributed by atoms with E-state index in [2.05, 4.69) is 20.3 Å². The molecule has 1 aliphatic carbocycles. The molecular formula is C13H21N5O2. The van der Waals surface area contributed by atoms with Gasteiger partial charge < -0.3 is 20.2 Å². The first-order valence-corrected chi connectivity index (χ1v) is 7.06. The topological polar surface area (TPSA) is 96.5 Å². The van der Waals surface area contributed by atoms with Gasteiger partial charge in [0.2, 0.25) is 0 Å². The van der Waals surface area contributed by atoms with Crippen LogP contribution in [0.25, 0.3) is 0 Å². The average Bonchev–Trinajstić information content (AvgIpc) is 3.30. The molecule has 1 aromatic rings. The summed E-state index contributed by atoms with van der Waals surface area (Å²) >= 11 is 0. The highest BCUT2D eigenvalue weighted by Crippen LogP contribution is 2.39. The van der Waals surface area contributed by atoms with Crippen LogP contribution < -0.4 is 16.2 Å². The zero-order valence-electron chi connectivity index (χ0n) is 11.6. The van der Waals surface area contributed by atoms with Crippen LogP contribution in [-0.2, 0) is 4.74 Å². The molecule has 3 rings (SSSR count). The lowest BCUT2D eigenvalue weighted by Gasteiger charge is -2.37. The molecule has 7 heteroatoms. The van der Waals surface area contributed by atoms with E-state index < -0.39 is 0 Å². The molecule has 2 aliphatic rings. The van der Waals surface area contributed by atoms with Gasteiger partial charge in [0.05, 0.1) is 18.8 Å². The zero-order chi connectivity index (χ0) is 14.1. The average molecular weight is 279 g/mol. The first-order chi connectivity index (χ1) is 9.69. The Morgan fingerprint density at radius 3 is 2.90 bits per heavy atom. The van der Waals surface area contributed by atoms with Gasteiger partial charge in [0.1, 0.15) is 17.5 Å². The van der Waals surface area contributed by atoms with Gasteiger partial charge in [-0.15, -0.1) is 0 Å². The Labute approximate surface area is 118 Å². The number of nitrogens with zero attached hydrogens (tertiary/aromatic N) is 3. The Hall–Kier alpha value is -1.44. The molecule has 20 heavy (non-hydrogen) atoms. The van der Waals surface area contributed by atoms with Crippen molar-refractivity contribution in [1.29, 1.82) is 0 Å². The second-order valence-electron chi connectivity index (χ2n) is 5.54. The fourth-order valence-corrected chi connectivity index (χ4v) is 2.55. The van der Waals surface area contributed by atoms with Crippen molar-refractivity contribution in [3.05, 3.63) is 11.9 Å². The summed E-state index contributed by atoms with van der Waals surface area (Å²) in [5, 5.41) is 9.31. The van der Waals surface area contributed by atoms with Crippen molar-refractivity contribution < 1.29 is 9.84 Å². The van der Waals surface area contributed by atoms with Crippen molar-refractivity contribution in [3.8, 4) is 0 Å². The van der Waals surface area contributed by atoms with Gasteiger partial charge in [-0.2, -0.15) is 0 Å². The molecule has 0 radical (unpaired) electrons. The van der Waals surface area contributed by atoms with Gasteiger partial charge in [0.15, 0.2) is 0 Å². The molecule has 0 bridgehead atoms. The molecule has 110 valence electrons. The third-order valence-electron chi connectivity index (χ3n) is 3.67. The maximum atomic E-state index is 9.31. The van der Waals surface area contributed by atoms with E-state index >= 15 is 0 Å². The number of nitrogens with two attached hydrogens (primary N) is 1. The second-order valence-corrected chi connectivity index (χ2v) is 5.54. The number of anilines is 2.